The largest absolute Gasteiger partial charge is 0.397 e. The maximum absolute atomic E-state index is 12.1. The number of hydrogen-bond donors (Lipinski definition) is 2. The van der Waals surface area contributed by atoms with Crippen LogP contribution < -0.4 is 11.1 Å². The number of nitrogens with one attached hydrogen (secondary N) is 1. The molecule has 0 spiro atoms. The van der Waals surface area contributed by atoms with Crippen molar-refractivity contribution in [1.29, 1.82) is 0 Å². The Bertz CT molecular complexity index is 579. The molecule has 0 atom stereocenters. The molecule has 2 rings (SSSR count). The Morgan fingerprint density at radius 1 is 1.00 bits per heavy atom. The van der Waals surface area contributed by atoms with E-state index in [1.807, 2.05) is 0 Å². The van der Waals surface area contributed by atoms with Gasteiger partial charge in [0.25, 0.3) is 5.91 Å². The molecule has 18 heavy (non-hydrogen) atoms. The van der Waals surface area contributed by atoms with Gasteiger partial charge in [0, 0.05) is 0 Å². The van der Waals surface area contributed by atoms with E-state index in [1.54, 1.807) is 42.5 Å². The summed E-state index contributed by atoms with van der Waals surface area (Å²) >= 11 is 11.9. The van der Waals surface area contributed by atoms with Gasteiger partial charge in [0.1, 0.15) is 0 Å². The average molecular weight is 281 g/mol. The molecule has 0 aliphatic carbocycles. The van der Waals surface area contributed by atoms with Gasteiger partial charge in [0.15, 0.2) is 0 Å². The van der Waals surface area contributed by atoms with Crippen molar-refractivity contribution in [2.75, 3.05) is 11.1 Å². The second kappa shape index (κ2) is 5.29. The first-order valence-electron chi connectivity index (χ1n) is 5.19. The molecule has 3 nitrogen and oxygen atoms in total. The van der Waals surface area contributed by atoms with Crippen LogP contribution in [0.2, 0.25) is 10.0 Å². The van der Waals surface area contributed by atoms with Crippen LogP contribution >= 0.6 is 23.2 Å². The van der Waals surface area contributed by atoms with Crippen molar-refractivity contribution in [3.8, 4) is 0 Å². The average Bonchev–Trinajstić information content (AvgIpc) is 2.32. The zero-order valence-electron chi connectivity index (χ0n) is 9.28. The summed E-state index contributed by atoms with van der Waals surface area (Å²) in [6.45, 7) is 0. The molecule has 0 saturated carbocycles. The van der Waals surface area contributed by atoms with Gasteiger partial charge in [-0.2, -0.15) is 0 Å². The lowest BCUT2D eigenvalue weighted by molar-refractivity contribution is 0.102. The van der Waals surface area contributed by atoms with Crippen molar-refractivity contribution in [1.82, 2.24) is 0 Å². The Morgan fingerprint density at radius 2 is 1.61 bits per heavy atom. The number of nitrogens with two attached hydrogens (primary N) is 1. The van der Waals surface area contributed by atoms with Crippen LogP contribution in [0.5, 0.6) is 0 Å². The topological polar surface area (TPSA) is 55.1 Å². The summed E-state index contributed by atoms with van der Waals surface area (Å²) in [6, 6.07) is 11.9. The van der Waals surface area contributed by atoms with Crippen molar-refractivity contribution < 1.29 is 4.79 Å². The van der Waals surface area contributed by atoms with Gasteiger partial charge in [-0.15, -0.1) is 0 Å². The highest BCUT2D eigenvalue weighted by molar-refractivity contribution is 6.40. The number of amides is 1. The number of carbonyl (C=O) groups excluding carboxylic acids is 1. The molecule has 1 amide bonds. The number of hydrogen-bond acceptors (Lipinski definition) is 2. The Kier molecular flexibility index (Phi) is 3.75. The van der Waals surface area contributed by atoms with Crippen molar-refractivity contribution >= 4 is 40.5 Å². The second-order valence-electron chi connectivity index (χ2n) is 3.64. The van der Waals surface area contributed by atoms with Crippen LogP contribution in [0.15, 0.2) is 42.5 Å². The van der Waals surface area contributed by atoms with Crippen LogP contribution in [0.25, 0.3) is 0 Å². The van der Waals surface area contributed by atoms with Gasteiger partial charge in [-0.25, -0.2) is 0 Å². The first kappa shape index (κ1) is 12.7. The van der Waals surface area contributed by atoms with E-state index in [9.17, 15) is 4.79 Å². The molecule has 2 aromatic carbocycles. The fraction of sp³-hybridized carbons (Fsp3) is 0. The lowest BCUT2D eigenvalue weighted by Gasteiger charge is -2.10. The van der Waals surface area contributed by atoms with Crippen LogP contribution in [0.3, 0.4) is 0 Å². The maximum atomic E-state index is 12.1. The summed E-state index contributed by atoms with van der Waals surface area (Å²) in [5.41, 5.74) is 6.99. The van der Waals surface area contributed by atoms with E-state index in [1.165, 1.54) is 0 Å². The molecule has 92 valence electrons. The predicted octanol–water partition coefficient (Wildman–Crippen LogP) is 3.83. The molecule has 0 aliphatic rings. The Hall–Kier alpha value is -1.71. The highest BCUT2D eigenvalue weighted by Crippen LogP contribution is 2.26. The fourth-order valence-corrected chi connectivity index (χ4v) is 2.08. The molecule has 0 aliphatic heterocycles. The van der Waals surface area contributed by atoms with Crippen LogP contribution in [-0.2, 0) is 0 Å². The van der Waals surface area contributed by atoms with E-state index in [0.29, 0.717) is 21.4 Å². The number of para-hydroxylation sites is 2. The summed E-state index contributed by atoms with van der Waals surface area (Å²) in [4.78, 5) is 12.1. The standard InChI is InChI=1S/C13H10Cl2N2O/c14-8-4-3-5-9(15)12(8)13(18)17-11-7-2-1-6-10(11)16/h1-7H,16H2,(H,17,18). The SMILES string of the molecule is Nc1ccccc1NC(=O)c1c(Cl)cccc1Cl. The summed E-state index contributed by atoms with van der Waals surface area (Å²) in [5, 5.41) is 3.28. The number of halogens is 2. The van der Waals surface area contributed by atoms with E-state index in [-0.39, 0.29) is 11.5 Å². The molecular weight excluding hydrogens is 271 g/mol. The summed E-state index contributed by atoms with van der Waals surface area (Å²) < 4.78 is 0. The van der Waals surface area contributed by atoms with Gasteiger partial charge in [-0.3, -0.25) is 4.79 Å². The molecule has 0 unspecified atom stereocenters. The highest BCUT2D eigenvalue weighted by atomic mass is 35.5. The lowest BCUT2D eigenvalue weighted by Crippen LogP contribution is -2.14. The molecule has 0 radical (unpaired) electrons. The van der Waals surface area contributed by atoms with Crippen LogP contribution in [0.4, 0.5) is 11.4 Å². The molecule has 3 N–H and O–H groups in total. The third kappa shape index (κ3) is 2.58. The van der Waals surface area contributed by atoms with Crippen molar-refractivity contribution in [2.45, 2.75) is 0 Å². The molecule has 0 heterocycles. The third-order valence-corrected chi connectivity index (χ3v) is 3.03. The van der Waals surface area contributed by atoms with Crippen LogP contribution in [-0.4, -0.2) is 5.91 Å². The van der Waals surface area contributed by atoms with Gasteiger partial charge in [0.2, 0.25) is 0 Å². The van der Waals surface area contributed by atoms with Gasteiger partial charge >= 0.3 is 0 Å². The second-order valence-corrected chi connectivity index (χ2v) is 4.45. The Labute approximate surface area is 115 Å². The number of benzene rings is 2. The smallest absolute Gasteiger partial charge is 0.258 e. The fourth-order valence-electron chi connectivity index (χ4n) is 1.51. The number of carbonyl (C=O) groups is 1. The minimum atomic E-state index is -0.386. The Balaban J connectivity index is 2.31. The quantitative estimate of drug-likeness (QED) is 0.822. The molecule has 0 aromatic heterocycles. The molecule has 2 aromatic rings. The van der Waals surface area contributed by atoms with Gasteiger partial charge in [0.05, 0.1) is 27.0 Å². The summed E-state index contributed by atoms with van der Waals surface area (Å²) in [5.74, 6) is -0.386. The Morgan fingerprint density at radius 3 is 2.22 bits per heavy atom. The van der Waals surface area contributed by atoms with Crippen LogP contribution in [0.1, 0.15) is 10.4 Å². The van der Waals surface area contributed by atoms with Crippen molar-refractivity contribution in [3.63, 3.8) is 0 Å². The van der Waals surface area contributed by atoms with E-state index in [2.05, 4.69) is 5.32 Å². The monoisotopic (exact) mass is 280 g/mol. The first-order chi connectivity index (χ1) is 8.59. The van der Waals surface area contributed by atoms with E-state index in [4.69, 9.17) is 28.9 Å². The van der Waals surface area contributed by atoms with Gasteiger partial charge in [-0.05, 0) is 24.3 Å². The van der Waals surface area contributed by atoms with Crippen molar-refractivity contribution in [2.24, 2.45) is 0 Å². The molecule has 0 fully saturated rings. The van der Waals surface area contributed by atoms with E-state index < -0.39 is 0 Å². The molecular formula is C13H10Cl2N2O. The zero-order valence-corrected chi connectivity index (χ0v) is 10.8. The van der Waals surface area contributed by atoms with E-state index >= 15 is 0 Å². The van der Waals surface area contributed by atoms with Gasteiger partial charge < -0.3 is 11.1 Å². The minimum Gasteiger partial charge on any atom is -0.397 e. The zero-order chi connectivity index (χ0) is 13.1. The lowest BCUT2D eigenvalue weighted by atomic mass is 10.2. The first-order valence-corrected chi connectivity index (χ1v) is 5.95. The van der Waals surface area contributed by atoms with Crippen molar-refractivity contribution in [3.05, 3.63) is 58.1 Å². The normalized spacial score (nSPS) is 10.1. The van der Waals surface area contributed by atoms with Gasteiger partial charge in [-0.1, -0.05) is 41.4 Å². The van der Waals surface area contributed by atoms with E-state index in [0.717, 1.165) is 0 Å². The summed E-state index contributed by atoms with van der Waals surface area (Å²) in [6.07, 6.45) is 0. The highest BCUT2D eigenvalue weighted by Gasteiger charge is 2.15. The third-order valence-electron chi connectivity index (χ3n) is 2.40. The number of rotatable bonds is 2. The predicted molar refractivity (Wildman–Crippen MR) is 75.3 cm³/mol. The number of nitrogen functional groups attached to an aromatic ring is 1. The molecule has 5 heteroatoms. The minimum absolute atomic E-state index is 0.240. The van der Waals surface area contributed by atoms with Crippen LogP contribution in [0, 0.1) is 0 Å². The number of anilines is 2. The summed E-state index contributed by atoms with van der Waals surface area (Å²) in [7, 11) is 0. The maximum Gasteiger partial charge on any atom is 0.258 e. The molecule has 0 saturated heterocycles. The molecule has 0 bridgehead atoms.